The second-order valence-corrected chi connectivity index (χ2v) is 6.91. The molecule has 0 aromatic carbocycles. The minimum Gasteiger partial charge on any atom is -0.481 e. The average Bonchev–Trinajstić information content (AvgIpc) is 2.96. The number of carbonyl (C=O) groups is 2. The van der Waals surface area contributed by atoms with Crippen LogP contribution in [0.5, 0.6) is 0 Å². The summed E-state index contributed by atoms with van der Waals surface area (Å²) in [6.45, 7) is 1.73. The van der Waals surface area contributed by atoms with Crippen LogP contribution >= 0.6 is 11.3 Å². The maximum atomic E-state index is 12.5. The Hall–Kier alpha value is -2.22. The maximum Gasteiger partial charge on any atom is 0.308 e. The number of carbonyl (C=O) groups excluding carboxylic acids is 1. The fourth-order valence-electron chi connectivity index (χ4n) is 3.19. The van der Waals surface area contributed by atoms with E-state index in [0.29, 0.717) is 17.8 Å². The smallest absolute Gasteiger partial charge is 0.308 e. The van der Waals surface area contributed by atoms with E-state index in [1.165, 1.54) is 21.9 Å². The number of nitrogens with one attached hydrogen (secondary N) is 1. The van der Waals surface area contributed by atoms with Crippen LogP contribution < -0.4 is 10.9 Å². The van der Waals surface area contributed by atoms with Gasteiger partial charge in [0.15, 0.2) is 4.96 Å². The Morgan fingerprint density at radius 2 is 2.26 bits per heavy atom. The van der Waals surface area contributed by atoms with Crippen molar-refractivity contribution in [2.24, 2.45) is 5.92 Å². The standard InChI is InChI=1S/C15H17N3O4S/c1-15(5-3-2-4-10(15)13(21)22)17-11(19)9-8-16-14-18(12(9)20)6-7-23-14/h6-8,10H,2-5H2,1H3,(H,17,19)(H,21,22). The van der Waals surface area contributed by atoms with Crippen molar-refractivity contribution >= 4 is 28.2 Å². The van der Waals surface area contributed by atoms with Gasteiger partial charge >= 0.3 is 5.97 Å². The molecule has 0 bridgehead atoms. The van der Waals surface area contributed by atoms with Crippen molar-refractivity contribution in [1.82, 2.24) is 14.7 Å². The number of rotatable bonds is 3. The lowest BCUT2D eigenvalue weighted by atomic mass is 9.74. The lowest BCUT2D eigenvalue weighted by molar-refractivity contribution is -0.145. The van der Waals surface area contributed by atoms with Gasteiger partial charge in [0, 0.05) is 17.8 Å². The van der Waals surface area contributed by atoms with Crippen molar-refractivity contribution in [2.75, 3.05) is 0 Å². The Morgan fingerprint density at radius 3 is 3.00 bits per heavy atom. The summed E-state index contributed by atoms with van der Waals surface area (Å²) in [4.78, 5) is 40.9. The molecule has 0 saturated heterocycles. The van der Waals surface area contributed by atoms with Crippen LogP contribution in [0.4, 0.5) is 0 Å². The first kappa shape index (κ1) is 15.7. The number of hydrogen-bond donors (Lipinski definition) is 2. The third kappa shape index (κ3) is 2.74. The van der Waals surface area contributed by atoms with E-state index < -0.39 is 28.9 Å². The van der Waals surface area contributed by atoms with E-state index in [4.69, 9.17) is 0 Å². The number of nitrogens with zero attached hydrogens (tertiary/aromatic N) is 2. The van der Waals surface area contributed by atoms with Gasteiger partial charge in [0.05, 0.1) is 11.5 Å². The molecule has 3 rings (SSSR count). The normalized spacial score (nSPS) is 24.5. The number of aliphatic carboxylic acids is 1. The molecule has 1 amide bonds. The third-order valence-corrected chi connectivity index (χ3v) is 5.26. The van der Waals surface area contributed by atoms with Crippen LogP contribution in [-0.4, -0.2) is 31.9 Å². The molecule has 23 heavy (non-hydrogen) atoms. The number of carboxylic acid groups (broad SMARTS) is 1. The van der Waals surface area contributed by atoms with Crippen molar-refractivity contribution < 1.29 is 14.7 Å². The Kier molecular flexibility index (Phi) is 3.93. The molecule has 0 radical (unpaired) electrons. The summed E-state index contributed by atoms with van der Waals surface area (Å²) in [5, 5.41) is 13.9. The molecular weight excluding hydrogens is 318 g/mol. The molecule has 0 spiro atoms. The molecule has 2 aromatic heterocycles. The first-order valence-corrected chi connectivity index (χ1v) is 8.30. The van der Waals surface area contributed by atoms with Gasteiger partial charge in [-0.2, -0.15) is 0 Å². The zero-order valence-corrected chi connectivity index (χ0v) is 13.4. The summed E-state index contributed by atoms with van der Waals surface area (Å²) < 4.78 is 1.32. The number of hydrogen-bond acceptors (Lipinski definition) is 5. The van der Waals surface area contributed by atoms with E-state index in [0.717, 1.165) is 12.8 Å². The fraction of sp³-hybridized carbons (Fsp3) is 0.467. The van der Waals surface area contributed by atoms with E-state index in [1.807, 2.05) is 0 Å². The number of amides is 1. The van der Waals surface area contributed by atoms with Crippen LogP contribution in [0.15, 0.2) is 22.6 Å². The predicted molar refractivity (Wildman–Crippen MR) is 84.8 cm³/mol. The average molecular weight is 335 g/mol. The maximum absolute atomic E-state index is 12.5. The van der Waals surface area contributed by atoms with Crippen molar-refractivity contribution in [3.05, 3.63) is 33.7 Å². The molecule has 0 aliphatic heterocycles. The predicted octanol–water partition coefficient (Wildman–Crippen LogP) is 1.52. The first-order valence-electron chi connectivity index (χ1n) is 7.42. The number of thiazole rings is 1. The fourth-order valence-corrected chi connectivity index (χ4v) is 3.86. The molecule has 2 N–H and O–H groups in total. The Bertz CT molecular complexity index is 827. The molecule has 1 aliphatic rings. The lowest BCUT2D eigenvalue weighted by Crippen LogP contribution is -2.56. The van der Waals surface area contributed by atoms with E-state index in [2.05, 4.69) is 10.3 Å². The lowest BCUT2D eigenvalue weighted by Gasteiger charge is -2.39. The quantitative estimate of drug-likeness (QED) is 0.885. The van der Waals surface area contributed by atoms with Gasteiger partial charge in [-0.15, -0.1) is 11.3 Å². The number of fused-ring (bicyclic) bond motifs is 1. The topological polar surface area (TPSA) is 101 Å². The minimum absolute atomic E-state index is 0.0724. The summed E-state index contributed by atoms with van der Waals surface area (Å²) in [5.74, 6) is -2.14. The van der Waals surface area contributed by atoms with Crippen molar-refractivity contribution in [1.29, 1.82) is 0 Å². The molecule has 8 heteroatoms. The van der Waals surface area contributed by atoms with E-state index >= 15 is 0 Å². The second-order valence-electron chi connectivity index (χ2n) is 6.04. The van der Waals surface area contributed by atoms with Gasteiger partial charge in [0.2, 0.25) is 0 Å². The molecule has 1 aliphatic carbocycles. The van der Waals surface area contributed by atoms with Gasteiger partial charge in [-0.05, 0) is 19.8 Å². The zero-order valence-electron chi connectivity index (χ0n) is 12.6. The minimum atomic E-state index is -0.921. The largest absolute Gasteiger partial charge is 0.481 e. The molecule has 2 unspecified atom stereocenters. The van der Waals surface area contributed by atoms with Gasteiger partial charge in [-0.1, -0.05) is 12.8 Å². The van der Waals surface area contributed by atoms with Gasteiger partial charge in [-0.25, -0.2) is 4.98 Å². The summed E-state index contributed by atoms with van der Waals surface area (Å²) in [6.07, 6.45) is 5.59. The summed E-state index contributed by atoms with van der Waals surface area (Å²) >= 11 is 1.30. The Balaban J connectivity index is 1.91. The highest BCUT2D eigenvalue weighted by atomic mass is 32.1. The molecule has 1 saturated carbocycles. The monoisotopic (exact) mass is 335 g/mol. The molecule has 2 heterocycles. The Morgan fingerprint density at radius 1 is 1.48 bits per heavy atom. The molecule has 7 nitrogen and oxygen atoms in total. The molecule has 2 atom stereocenters. The molecule has 2 aromatic rings. The van der Waals surface area contributed by atoms with E-state index in [-0.39, 0.29) is 5.56 Å². The number of carboxylic acids is 1. The SMILES string of the molecule is CC1(NC(=O)c2cnc3sccn3c2=O)CCCCC1C(=O)O. The van der Waals surface area contributed by atoms with Crippen molar-refractivity contribution in [3.8, 4) is 0 Å². The van der Waals surface area contributed by atoms with Crippen LogP contribution in [-0.2, 0) is 4.79 Å². The third-order valence-electron chi connectivity index (χ3n) is 4.49. The summed E-state index contributed by atoms with van der Waals surface area (Å²) in [7, 11) is 0. The van der Waals surface area contributed by atoms with Crippen LogP contribution in [0.25, 0.3) is 4.96 Å². The molecule has 1 fully saturated rings. The highest BCUT2D eigenvalue weighted by molar-refractivity contribution is 7.15. The molecule has 122 valence electrons. The zero-order chi connectivity index (χ0) is 16.6. The first-order chi connectivity index (χ1) is 10.9. The van der Waals surface area contributed by atoms with Crippen molar-refractivity contribution in [2.45, 2.75) is 38.1 Å². The summed E-state index contributed by atoms with van der Waals surface area (Å²) in [5.41, 5.74) is -1.38. The van der Waals surface area contributed by atoms with Gasteiger partial charge in [0.25, 0.3) is 11.5 Å². The van der Waals surface area contributed by atoms with Gasteiger partial charge in [0.1, 0.15) is 5.56 Å². The van der Waals surface area contributed by atoms with Crippen LogP contribution in [0, 0.1) is 5.92 Å². The Labute approximate surface area is 136 Å². The second kappa shape index (κ2) is 5.77. The van der Waals surface area contributed by atoms with Gasteiger partial charge < -0.3 is 10.4 Å². The van der Waals surface area contributed by atoms with Crippen LogP contribution in [0.3, 0.4) is 0 Å². The highest BCUT2D eigenvalue weighted by Gasteiger charge is 2.42. The van der Waals surface area contributed by atoms with E-state index in [9.17, 15) is 19.5 Å². The highest BCUT2D eigenvalue weighted by Crippen LogP contribution is 2.34. The molecular formula is C15H17N3O4S. The van der Waals surface area contributed by atoms with Gasteiger partial charge in [-0.3, -0.25) is 18.8 Å². The number of aromatic nitrogens is 2. The van der Waals surface area contributed by atoms with Crippen LogP contribution in [0.2, 0.25) is 0 Å². The van der Waals surface area contributed by atoms with Crippen molar-refractivity contribution in [3.63, 3.8) is 0 Å². The van der Waals surface area contributed by atoms with E-state index in [1.54, 1.807) is 18.5 Å². The summed E-state index contributed by atoms with van der Waals surface area (Å²) in [6, 6.07) is 0. The van der Waals surface area contributed by atoms with Crippen LogP contribution in [0.1, 0.15) is 43.0 Å².